The van der Waals surface area contributed by atoms with Crippen molar-refractivity contribution in [2.45, 2.75) is 258 Å². The molecule has 0 spiro atoms. The van der Waals surface area contributed by atoms with E-state index in [2.05, 4.69) is 51.1 Å². The number of β-amino-alcohol motifs (C(OH)–C–C–N with tert-alkyl or cyclic N) is 3. The van der Waals surface area contributed by atoms with E-state index < -0.39 is 23.0 Å². The van der Waals surface area contributed by atoms with Crippen LogP contribution >= 0.6 is 0 Å². The summed E-state index contributed by atoms with van der Waals surface area (Å²) in [7, 11) is 1.80. The van der Waals surface area contributed by atoms with Crippen LogP contribution in [-0.2, 0) is 55.8 Å². The van der Waals surface area contributed by atoms with Gasteiger partial charge in [-0.1, -0.05) is 106 Å². The van der Waals surface area contributed by atoms with Gasteiger partial charge in [0.05, 0.1) is 42.4 Å². The zero-order valence-corrected chi connectivity index (χ0v) is 72.2. The molecule has 18 aliphatic carbocycles. The molecule has 5 aromatic carbocycles. The van der Waals surface area contributed by atoms with Crippen LogP contribution in [0.15, 0.2) is 127 Å². The molecule has 15 nitrogen and oxygen atoms in total. The van der Waals surface area contributed by atoms with Crippen molar-refractivity contribution in [3.8, 4) is 0 Å². The lowest BCUT2D eigenvalue weighted by Crippen LogP contribution is -2.67. The van der Waals surface area contributed by atoms with E-state index in [-0.39, 0.29) is 117 Å². The van der Waals surface area contributed by atoms with Crippen molar-refractivity contribution in [1.82, 2.24) is 14.7 Å². The Hall–Kier alpha value is -7.03. The quantitative estimate of drug-likeness (QED) is 0.0508. The summed E-state index contributed by atoms with van der Waals surface area (Å²) in [4.78, 5) is 67.8. The van der Waals surface area contributed by atoms with E-state index in [9.17, 15) is 72.2 Å². The van der Waals surface area contributed by atoms with Gasteiger partial charge in [0.15, 0.2) is 0 Å². The number of ether oxygens (including phenoxy) is 1. The molecule has 3 heterocycles. The standard InChI is InChI=1S/C22H28FNO2.C22H29NO2.C21H28FNO2.2C19H23FO3/c1-13-14-6-17-8-15(13)9-18(7-14)22(17,16-2-4-19(23)5-3-16)10-21(26)24-11-20(25)12-24;1-14-15-7-18-9-16(14)10-19(8-15)22(18,17-5-3-2-4-6-17)11-21(25)23-12-20(24)13-23;1-14-9-16-3-2-4-17(10-14)21(16,15-5-7-18(22)8-6-15)11-20(25)23-12-19(24)13-23;1-23-18-8-12-6-14(9-18)19(11-17(21)22,15(7-12)10-18)13-2-4-16(20)5-3-13;1-18(23)13-6-11-7-14(9-13)19(10-17(21)22,16(18)8-11)12-2-4-15(20)5-3-12/h2-5,13-15,17-18,20,25H,6-12H2,1H3;2-6,14-16,18-20,24H,7-13H2,1H3;5-8,14,16-17,19,24H,2-4,9-13H2,1H3;2-5,12,14-15H,6-11H2,1H3,(H,21,22);2-5,11,13-14,16,23H,6-10H2,1H3,(H,21,22)/t;;;;11?,13?,14?,16?,18-,19+/m....0/s1. The number of amides is 3. The number of aliphatic hydroxyl groups is 4. The Bertz CT molecular complexity index is 4530. The lowest BCUT2D eigenvalue weighted by atomic mass is 9.39. The Labute approximate surface area is 718 Å². The number of nitrogens with zero attached hydrogens (tertiary/aromatic N) is 3. The maximum Gasteiger partial charge on any atom is 0.304 e. The maximum absolute atomic E-state index is 13.6. The first-order valence-electron chi connectivity index (χ1n) is 47.0. The van der Waals surface area contributed by atoms with Gasteiger partial charge in [-0.25, -0.2) is 17.6 Å². The summed E-state index contributed by atoms with van der Waals surface area (Å²) in [6.07, 6.45) is 25.7. The van der Waals surface area contributed by atoms with E-state index in [1.54, 1.807) is 65.4 Å². The largest absolute Gasteiger partial charge is 0.481 e. The number of fused-ring (bicyclic) bond motifs is 2. The molecule has 18 bridgehead atoms. The minimum absolute atomic E-state index is 0.0174. The molecule has 6 N–H and O–H groups in total. The fourth-order valence-electron chi connectivity index (χ4n) is 32.0. The minimum Gasteiger partial charge on any atom is -0.481 e. The van der Waals surface area contributed by atoms with E-state index in [0.717, 1.165) is 141 Å². The second-order valence-electron chi connectivity index (χ2n) is 43.2. The Morgan fingerprint density at radius 1 is 0.369 bits per heavy atom. The van der Waals surface area contributed by atoms with Crippen LogP contribution in [0.25, 0.3) is 0 Å². The lowest BCUT2D eigenvalue weighted by Gasteiger charge is -2.67. The number of aliphatic hydroxyl groups excluding tert-OH is 3. The molecule has 21 aliphatic rings. The number of benzene rings is 5. The Balaban J connectivity index is 0.000000104. The number of halogens is 4. The summed E-state index contributed by atoms with van der Waals surface area (Å²) in [5, 5.41) is 59.1. The second-order valence-corrected chi connectivity index (χ2v) is 43.2. The summed E-state index contributed by atoms with van der Waals surface area (Å²) in [6.45, 7) is 12.0. The van der Waals surface area contributed by atoms with Crippen molar-refractivity contribution in [3.05, 3.63) is 178 Å². The number of carbonyl (C=O) groups excluding carboxylic acids is 3. The number of carboxylic acids is 2. The topological polar surface area (TPSA) is 226 Å². The molecule has 0 radical (unpaired) electrons. The van der Waals surface area contributed by atoms with Crippen LogP contribution in [-0.4, -0.2) is 151 Å². The van der Waals surface area contributed by atoms with Crippen molar-refractivity contribution < 1.29 is 76.9 Å². The summed E-state index contributed by atoms with van der Waals surface area (Å²) in [6, 6.07) is 37.6. The third-order valence-corrected chi connectivity index (χ3v) is 37.5. The summed E-state index contributed by atoms with van der Waals surface area (Å²) >= 11 is 0. The summed E-state index contributed by atoms with van der Waals surface area (Å²) in [5.74, 6) is 9.44. The smallest absolute Gasteiger partial charge is 0.304 e. The molecule has 5 aromatic rings. The van der Waals surface area contributed by atoms with E-state index >= 15 is 0 Å². The molecule has 26 rings (SSSR count). The van der Waals surface area contributed by atoms with Crippen molar-refractivity contribution in [3.63, 3.8) is 0 Å². The first-order valence-corrected chi connectivity index (χ1v) is 47.0. The third-order valence-electron chi connectivity index (χ3n) is 37.5. The van der Waals surface area contributed by atoms with Gasteiger partial charge in [-0.3, -0.25) is 24.0 Å². The maximum atomic E-state index is 13.6. The first-order chi connectivity index (χ1) is 58.3. The number of carboxylic acid groups (broad SMARTS) is 2. The molecule has 18 saturated carbocycles. The molecule has 8 unspecified atom stereocenters. The van der Waals surface area contributed by atoms with Crippen LogP contribution in [0.3, 0.4) is 0 Å². The minimum atomic E-state index is -0.836. The van der Waals surface area contributed by atoms with E-state index in [0.29, 0.717) is 124 Å². The highest BCUT2D eigenvalue weighted by atomic mass is 19.1. The van der Waals surface area contributed by atoms with Crippen molar-refractivity contribution in [1.29, 1.82) is 0 Å². The van der Waals surface area contributed by atoms with Crippen molar-refractivity contribution in [2.24, 2.45) is 118 Å². The summed E-state index contributed by atoms with van der Waals surface area (Å²) < 4.78 is 59.8. The average molecular weight is 1680 g/mol. The molecule has 0 aromatic heterocycles. The molecule has 3 aliphatic heterocycles. The monoisotopic (exact) mass is 1680 g/mol. The van der Waals surface area contributed by atoms with Crippen molar-refractivity contribution >= 4 is 29.7 Å². The van der Waals surface area contributed by atoms with Crippen LogP contribution in [0, 0.1) is 142 Å². The molecule has 3 amide bonds. The van der Waals surface area contributed by atoms with Gasteiger partial charge in [0, 0.05) is 92.7 Å². The second kappa shape index (κ2) is 33.0. The number of aliphatic carboxylic acids is 2. The number of hydrogen-bond acceptors (Lipinski definition) is 10. The van der Waals surface area contributed by atoms with Crippen LogP contribution in [0.5, 0.6) is 0 Å². The highest BCUT2D eigenvalue weighted by Crippen LogP contribution is 2.71. The lowest BCUT2D eigenvalue weighted by molar-refractivity contribution is -0.207. The molecule has 122 heavy (non-hydrogen) atoms. The zero-order valence-electron chi connectivity index (χ0n) is 72.2. The van der Waals surface area contributed by atoms with Gasteiger partial charge in [0.2, 0.25) is 17.7 Å². The average Bonchev–Trinajstić information content (AvgIpc) is 0.660. The summed E-state index contributed by atoms with van der Waals surface area (Å²) in [5.41, 5.74) is 3.49. The number of rotatable bonds is 16. The molecular formula is C103H131F4N3O12. The van der Waals surface area contributed by atoms with Gasteiger partial charge in [0.25, 0.3) is 0 Å². The molecule has 10 atom stereocenters. The van der Waals surface area contributed by atoms with E-state index in [1.165, 1.54) is 87.6 Å². The third kappa shape index (κ3) is 14.9. The normalized spacial score (nSPS) is 40.9. The Kier molecular flexibility index (Phi) is 23.2. The molecule has 3 saturated heterocycles. The van der Waals surface area contributed by atoms with Crippen molar-refractivity contribution in [2.75, 3.05) is 46.4 Å². The van der Waals surface area contributed by atoms with Gasteiger partial charge in [-0.15, -0.1) is 0 Å². The number of likely N-dealkylation sites (tertiary alicyclic amines) is 3. The Morgan fingerprint density at radius 2 is 0.680 bits per heavy atom. The fourth-order valence-corrected chi connectivity index (χ4v) is 32.0. The Morgan fingerprint density at radius 3 is 1.03 bits per heavy atom. The molecular weight excluding hydrogens is 1550 g/mol. The highest BCUT2D eigenvalue weighted by Gasteiger charge is 2.69. The van der Waals surface area contributed by atoms with Gasteiger partial charge >= 0.3 is 11.9 Å². The van der Waals surface area contributed by atoms with Crippen LogP contribution in [0.2, 0.25) is 0 Å². The van der Waals surface area contributed by atoms with Gasteiger partial charge in [-0.05, 0) is 336 Å². The molecule has 658 valence electrons. The number of hydrogen-bond donors (Lipinski definition) is 6. The predicted octanol–water partition coefficient (Wildman–Crippen LogP) is 17.2. The van der Waals surface area contributed by atoms with Gasteiger partial charge in [-0.2, -0.15) is 0 Å². The number of methoxy groups -OCH3 is 1. The van der Waals surface area contributed by atoms with Gasteiger partial charge < -0.3 is 50.1 Å². The number of carbonyl (C=O) groups is 5. The van der Waals surface area contributed by atoms with Crippen LogP contribution in [0.1, 0.15) is 229 Å². The molecule has 19 heteroatoms. The van der Waals surface area contributed by atoms with Gasteiger partial charge in [0.1, 0.15) is 23.3 Å². The van der Waals surface area contributed by atoms with Crippen LogP contribution in [0.4, 0.5) is 17.6 Å². The van der Waals surface area contributed by atoms with E-state index in [4.69, 9.17) is 4.74 Å². The SMILES string of the molecule is CC1C2CC3CC1CC(C2)C3(CC(=O)N1CC(O)C1)c1ccc(F)cc1.CC1C2CC3CC1CC(C2)C3(CC(=O)N1CC(O)C1)c1ccccc1.CC1CC2CCCC(C1)C2(CC(=O)N1CC(O)C1)c1ccc(F)cc1.COC12CC3CC(C1)C(CC(=O)O)(c1ccc(F)cc1)C(C3)C2.C[C@]1(O)C2CC3CC(C2)[C@@](CC(=O)O)(c2ccc(F)cc2)C1C3. The highest BCUT2D eigenvalue weighted by molar-refractivity contribution is 5.81. The fraction of sp³-hybridized carbons (Fsp3) is 0.660. The first kappa shape index (κ1) is 85.7. The van der Waals surface area contributed by atoms with E-state index in [1.807, 2.05) is 36.1 Å². The van der Waals surface area contributed by atoms with Crippen LogP contribution < -0.4 is 0 Å². The predicted molar refractivity (Wildman–Crippen MR) is 455 cm³/mol. The zero-order chi connectivity index (χ0) is 85.5. The molecule has 21 fully saturated rings.